The van der Waals surface area contributed by atoms with Crippen LogP contribution >= 0.6 is 0 Å². The molecule has 0 aliphatic carbocycles. The summed E-state index contributed by atoms with van der Waals surface area (Å²) in [7, 11) is 0. The largest absolute Gasteiger partial charge is 0.478 e. The van der Waals surface area contributed by atoms with Gasteiger partial charge in [0.15, 0.2) is 0 Å². The fourth-order valence-electron chi connectivity index (χ4n) is 1.59. The van der Waals surface area contributed by atoms with Gasteiger partial charge in [-0.25, -0.2) is 9.78 Å². The molecule has 2 rings (SSSR count). The molecule has 0 fully saturated rings. The second kappa shape index (κ2) is 5.19. The zero-order chi connectivity index (χ0) is 13.8. The number of hydrogen-bond acceptors (Lipinski definition) is 4. The first-order valence-corrected chi connectivity index (χ1v) is 5.48. The van der Waals surface area contributed by atoms with E-state index in [1.54, 1.807) is 25.1 Å². The molecule has 5 nitrogen and oxygen atoms in total. The van der Waals surface area contributed by atoms with Gasteiger partial charge < -0.3 is 9.84 Å². The Morgan fingerprint density at radius 3 is 2.74 bits per heavy atom. The van der Waals surface area contributed by atoms with Gasteiger partial charge in [-0.3, -0.25) is 0 Å². The van der Waals surface area contributed by atoms with Gasteiger partial charge in [-0.1, -0.05) is 6.07 Å². The molecular formula is C14H10N2O3. The summed E-state index contributed by atoms with van der Waals surface area (Å²) < 4.78 is 5.56. The molecule has 1 aromatic heterocycles. The monoisotopic (exact) mass is 254 g/mol. The molecule has 0 aliphatic heterocycles. The number of pyridine rings is 1. The number of carbonyl (C=O) groups is 1. The van der Waals surface area contributed by atoms with Crippen LogP contribution in [0.2, 0.25) is 0 Å². The first-order valence-electron chi connectivity index (χ1n) is 5.48. The molecule has 1 N–H and O–H groups in total. The van der Waals surface area contributed by atoms with Crippen LogP contribution in [0.3, 0.4) is 0 Å². The van der Waals surface area contributed by atoms with Crippen LogP contribution in [-0.4, -0.2) is 16.1 Å². The number of benzene rings is 1. The molecule has 94 valence electrons. The summed E-state index contributed by atoms with van der Waals surface area (Å²) in [5, 5.41) is 17.7. The van der Waals surface area contributed by atoms with Gasteiger partial charge in [0.1, 0.15) is 23.3 Å². The van der Waals surface area contributed by atoms with E-state index in [4.69, 9.17) is 15.1 Å². The number of ether oxygens (including phenoxy) is 1. The third-order valence-electron chi connectivity index (χ3n) is 2.59. The average molecular weight is 254 g/mol. The van der Waals surface area contributed by atoms with Crippen LogP contribution in [0.25, 0.3) is 0 Å². The van der Waals surface area contributed by atoms with E-state index in [0.29, 0.717) is 22.8 Å². The molecule has 19 heavy (non-hydrogen) atoms. The molecule has 0 unspecified atom stereocenters. The minimum atomic E-state index is -0.999. The second-order valence-electron chi connectivity index (χ2n) is 3.83. The maximum absolute atomic E-state index is 11.0. The van der Waals surface area contributed by atoms with E-state index in [1.807, 2.05) is 6.07 Å². The predicted octanol–water partition coefficient (Wildman–Crippen LogP) is 2.75. The van der Waals surface area contributed by atoms with Crippen molar-refractivity contribution in [1.29, 1.82) is 5.26 Å². The molecule has 0 bridgehead atoms. The fourth-order valence-corrected chi connectivity index (χ4v) is 1.59. The number of carboxylic acids is 1. The molecule has 0 atom stereocenters. The third kappa shape index (κ3) is 2.69. The highest BCUT2D eigenvalue weighted by Crippen LogP contribution is 2.26. The first kappa shape index (κ1) is 12.6. The third-order valence-corrected chi connectivity index (χ3v) is 2.59. The molecule has 1 aromatic carbocycles. The molecule has 0 spiro atoms. The number of rotatable bonds is 3. The Morgan fingerprint density at radius 1 is 1.37 bits per heavy atom. The lowest BCUT2D eigenvalue weighted by Gasteiger charge is -2.10. The molecule has 0 radical (unpaired) electrons. The van der Waals surface area contributed by atoms with Gasteiger partial charge >= 0.3 is 5.97 Å². The highest BCUT2D eigenvalue weighted by Gasteiger charge is 2.11. The highest BCUT2D eigenvalue weighted by atomic mass is 16.5. The van der Waals surface area contributed by atoms with Crippen molar-refractivity contribution in [3.05, 3.63) is 53.3 Å². The molecule has 0 saturated carbocycles. The van der Waals surface area contributed by atoms with Gasteiger partial charge in [0.2, 0.25) is 0 Å². The van der Waals surface area contributed by atoms with Crippen LogP contribution in [0.1, 0.15) is 21.6 Å². The molecule has 0 aliphatic rings. The van der Waals surface area contributed by atoms with E-state index in [9.17, 15) is 4.79 Å². The summed E-state index contributed by atoms with van der Waals surface area (Å²) in [4.78, 5) is 14.9. The molecule has 0 saturated heterocycles. The quantitative estimate of drug-likeness (QED) is 0.910. The second-order valence-corrected chi connectivity index (χ2v) is 3.83. The minimum Gasteiger partial charge on any atom is -0.478 e. The Bertz CT molecular complexity index is 657. The lowest BCUT2D eigenvalue weighted by Crippen LogP contribution is -2.01. The van der Waals surface area contributed by atoms with Crippen molar-refractivity contribution in [3.63, 3.8) is 0 Å². The normalized spacial score (nSPS) is 9.68. The number of aromatic nitrogens is 1. The number of nitriles is 1. The van der Waals surface area contributed by atoms with Crippen molar-refractivity contribution in [2.45, 2.75) is 6.92 Å². The number of aromatic carboxylic acids is 1. The van der Waals surface area contributed by atoms with Crippen LogP contribution in [-0.2, 0) is 0 Å². The molecule has 2 aromatic rings. The molecular weight excluding hydrogens is 244 g/mol. The van der Waals surface area contributed by atoms with Crippen LogP contribution in [0.15, 0.2) is 36.5 Å². The summed E-state index contributed by atoms with van der Waals surface area (Å²) in [6.07, 6.45) is 1.42. The Hall–Kier alpha value is -2.87. The van der Waals surface area contributed by atoms with E-state index in [-0.39, 0.29) is 5.56 Å². The van der Waals surface area contributed by atoms with Crippen molar-refractivity contribution < 1.29 is 14.6 Å². The Kier molecular flexibility index (Phi) is 3.44. The lowest BCUT2D eigenvalue weighted by atomic mass is 10.1. The Balaban J connectivity index is 2.30. The fraction of sp³-hybridized carbons (Fsp3) is 0.0714. The van der Waals surface area contributed by atoms with E-state index in [1.165, 1.54) is 18.3 Å². The van der Waals surface area contributed by atoms with Crippen molar-refractivity contribution in [3.8, 4) is 17.6 Å². The predicted molar refractivity (Wildman–Crippen MR) is 67.2 cm³/mol. The first-order chi connectivity index (χ1) is 9.11. The number of hydrogen-bond donors (Lipinski definition) is 1. The molecule has 1 heterocycles. The van der Waals surface area contributed by atoms with Gasteiger partial charge in [0.05, 0.1) is 11.8 Å². The standard InChI is InChI=1S/C14H10N2O3/c1-9-12(14(17)18)3-2-4-13(9)19-11-6-5-10(7-15)16-8-11/h2-6,8H,1H3,(H,17,18). The summed E-state index contributed by atoms with van der Waals surface area (Å²) in [6, 6.07) is 9.86. The van der Waals surface area contributed by atoms with Gasteiger partial charge in [-0.2, -0.15) is 5.26 Å². The number of nitrogens with zero attached hydrogens (tertiary/aromatic N) is 2. The number of carboxylic acid groups (broad SMARTS) is 1. The maximum Gasteiger partial charge on any atom is 0.336 e. The Morgan fingerprint density at radius 2 is 2.16 bits per heavy atom. The SMILES string of the molecule is Cc1c(Oc2ccc(C#N)nc2)cccc1C(=O)O. The van der Waals surface area contributed by atoms with Crippen LogP contribution in [0.4, 0.5) is 0 Å². The zero-order valence-electron chi connectivity index (χ0n) is 10.1. The van der Waals surface area contributed by atoms with E-state index in [2.05, 4.69) is 4.98 Å². The maximum atomic E-state index is 11.0. The highest BCUT2D eigenvalue weighted by molar-refractivity contribution is 5.90. The van der Waals surface area contributed by atoms with Crippen molar-refractivity contribution in [2.75, 3.05) is 0 Å². The topological polar surface area (TPSA) is 83.2 Å². The van der Waals surface area contributed by atoms with Crippen LogP contribution < -0.4 is 4.74 Å². The molecule has 0 amide bonds. The van der Waals surface area contributed by atoms with Gasteiger partial charge in [0.25, 0.3) is 0 Å². The van der Waals surface area contributed by atoms with Crippen LogP contribution in [0, 0.1) is 18.3 Å². The van der Waals surface area contributed by atoms with Crippen LogP contribution in [0.5, 0.6) is 11.5 Å². The van der Waals surface area contributed by atoms with E-state index in [0.717, 1.165) is 0 Å². The van der Waals surface area contributed by atoms with Crippen molar-refractivity contribution in [1.82, 2.24) is 4.98 Å². The van der Waals surface area contributed by atoms with Crippen molar-refractivity contribution >= 4 is 5.97 Å². The van der Waals surface area contributed by atoms with Gasteiger partial charge in [-0.05, 0) is 31.2 Å². The van der Waals surface area contributed by atoms with E-state index >= 15 is 0 Å². The smallest absolute Gasteiger partial charge is 0.336 e. The van der Waals surface area contributed by atoms with Crippen molar-refractivity contribution in [2.24, 2.45) is 0 Å². The Labute approximate surface area is 109 Å². The lowest BCUT2D eigenvalue weighted by molar-refractivity contribution is 0.0695. The summed E-state index contributed by atoms with van der Waals surface area (Å²) >= 11 is 0. The van der Waals surface area contributed by atoms with E-state index < -0.39 is 5.97 Å². The summed E-state index contributed by atoms with van der Waals surface area (Å²) in [5.74, 6) is -0.100. The van der Waals surface area contributed by atoms with Gasteiger partial charge in [-0.15, -0.1) is 0 Å². The summed E-state index contributed by atoms with van der Waals surface area (Å²) in [6.45, 7) is 1.68. The minimum absolute atomic E-state index is 0.194. The molecule has 5 heteroatoms. The van der Waals surface area contributed by atoms with Gasteiger partial charge in [0, 0.05) is 5.56 Å². The summed E-state index contributed by atoms with van der Waals surface area (Å²) in [5.41, 5.74) is 1.03. The zero-order valence-corrected chi connectivity index (χ0v) is 10.1. The average Bonchev–Trinajstić information content (AvgIpc) is 2.41.